The summed E-state index contributed by atoms with van der Waals surface area (Å²) < 4.78 is 34.0. The van der Waals surface area contributed by atoms with Gasteiger partial charge in [-0.1, -0.05) is 58.0 Å². The monoisotopic (exact) mass is 602 g/mol. The Morgan fingerprint density at radius 3 is 2.32 bits per heavy atom. The van der Waals surface area contributed by atoms with E-state index in [1.807, 2.05) is 58.0 Å². The van der Waals surface area contributed by atoms with Gasteiger partial charge in [0.25, 0.3) is 11.8 Å². The number of halogens is 2. The zero-order valence-electron chi connectivity index (χ0n) is 26.1. The fraction of sp³-hybridized carbons (Fsp3) is 0.429. The number of likely N-dealkylation sites (tertiary alicyclic amines) is 2. The Morgan fingerprint density at radius 2 is 1.66 bits per heavy atom. The van der Waals surface area contributed by atoms with E-state index in [1.54, 1.807) is 16.7 Å². The van der Waals surface area contributed by atoms with Gasteiger partial charge in [0.15, 0.2) is 0 Å². The van der Waals surface area contributed by atoms with E-state index in [0.29, 0.717) is 55.6 Å². The Hall–Kier alpha value is -4.32. The van der Waals surface area contributed by atoms with Crippen molar-refractivity contribution >= 4 is 11.8 Å². The molecule has 1 aromatic heterocycles. The summed E-state index contributed by atoms with van der Waals surface area (Å²) in [7, 11) is 0. The maximum Gasteiger partial charge on any atom is 0.272 e. The molecule has 2 saturated heterocycles. The van der Waals surface area contributed by atoms with Gasteiger partial charge in [-0.15, -0.1) is 0 Å². The molecule has 3 aliphatic rings. The van der Waals surface area contributed by atoms with Gasteiger partial charge in [0.05, 0.1) is 18.0 Å². The third kappa shape index (κ3) is 6.17. The third-order valence-electron chi connectivity index (χ3n) is 8.55. The van der Waals surface area contributed by atoms with Gasteiger partial charge < -0.3 is 14.5 Å². The highest BCUT2D eigenvalue weighted by molar-refractivity contribution is 5.99. The summed E-state index contributed by atoms with van der Waals surface area (Å²) in [5.41, 5.74) is 1.88. The van der Waals surface area contributed by atoms with E-state index in [9.17, 15) is 23.6 Å². The van der Waals surface area contributed by atoms with Crippen molar-refractivity contribution < 1.29 is 23.1 Å². The standard InChI is InChI=1S/C31H28F2N4O3.2C2H6/c1-19-16-35-25(30(39)36-11-8-31(18-34,9-12-36)20-5-3-2-4-6-20)15-23(19)29(38)37-10-7-22-27(17-37)40-26-14-21(32)13-24(33)28(22)26;2*1-2/h2-6,13-16,22,27H,7-12,17H2,1H3;2*1-2H3. The molecule has 2 atom stereocenters. The number of nitriles is 1. The van der Waals surface area contributed by atoms with Crippen LogP contribution in [0.1, 0.15) is 90.4 Å². The van der Waals surface area contributed by atoms with Gasteiger partial charge in [0, 0.05) is 55.0 Å². The summed E-state index contributed by atoms with van der Waals surface area (Å²) in [6.45, 7) is 11.2. The largest absolute Gasteiger partial charge is 0.487 e. The number of benzene rings is 2. The van der Waals surface area contributed by atoms with E-state index in [4.69, 9.17) is 4.74 Å². The van der Waals surface area contributed by atoms with Gasteiger partial charge >= 0.3 is 0 Å². The predicted octanol–water partition coefficient (Wildman–Crippen LogP) is 6.81. The Balaban J connectivity index is 0.00000106. The number of fused-ring (bicyclic) bond motifs is 3. The predicted molar refractivity (Wildman–Crippen MR) is 165 cm³/mol. The van der Waals surface area contributed by atoms with Crippen LogP contribution < -0.4 is 4.74 Å². The highest BCUT2D eigenvalue weighted by Crippen LogP contribution is 2.44. The molecule has 2 amide bonds. The van der Waals surface area contributed by atoms with Crippen molar-refractivity contribution in [3.63, 3.8) is 0 Å². The lowest BCUT2D eigenvalue weighted by Crippen LogP contribution is -2.46. The Kier molecular flexibility index (Phi) is 10.4. The summed E-state index contributed by atoms with van der Waals surface area (Å²) in [5.74, 6) is -1.90. The lowest BCUT2D eigenvalue weighted by Gasteiger charge is -2.37. The smallest absolute Gasteiger partial charge is 0.272 e. The second-order valence-electron chi connectivity index (χ2n) is 10.8. The van der Waals surface area contributed by atoms with E-state index in [1.165, 1.54) is 18.3 Å². The van der Waals surface area contributed by atoms with Crippen molar-refractivity contribution in [2.24, 2.45) is 0 Å². The second-order valence-corrected chi connectivity index (χ2v) is 10.8. The molecule has 4 heterocycles. The quantitative estimate of drug-likeness (QED) is 0.329. The van der Waals surface area contributed by atoms with Crippen molar-refractivity contribution in [1.82, 2.24) is 14.8 Å². The van der Waals surface area contributed by atoms with Crippen LogP contribution in [0.5, 0.6) is 5.75 Å². The highest BCUT2D eigenvalue weighted by atomic mass is 19.1. The van der Waals surface area contributed by atoms with Crippen LogP contribution in [0.2, 0.25) is 0 Å². The van der Waals surface area contributed by atoms with Gasteiger partial charge in [-0.2, -0.15) is 5.26 Å². The van der Waals surface area contributed by atoms with Crippen LogP contribution in [0, 0.1) is 29.9 Å². The van der Waals surface area contributed by atoms with E-state index in [-0.39, 0.29) is 35.7 Å². The first-order chi connectivity index (χ1) is 21.3. The molecule has 3 aromatic rings. The van der Waals surface area contributed by atoms with Gasteiger partial charge in [0.2, 0.25) is 0 Å². The minimum atomic E-state index is -0.695. The number of aryl methyl sites for hydroxylation is 1. The number of carbonyl (C=O) groups is 2. The number of rotatable bonds is 3. The number of amides is 2. The molecule has 7 nitrogen and oxygen atoms in total. The maximum atomic E-state index is 14.5. The lowest BCUT2D eigenvalue weighted by molar-refractivity contribution is 0.0542. The normalized spacial score (nSPS) is 19.5. The first-order valence-electron chi connectivity index (χ1n) is 15.5. The van der Waals surface area contributed by atoms with Crippen molar-refractivity contribution in [2.45, 2.75) is 71.3 Å². The van der Waals surface area contributed by atoms with Crippen molar-refractivity contribution in [1.29, 1.82) is 5.26 Å². The zero-order valence-corrected chi connectivity index (χ0v) is 26.1. The van der Waals surface area contributed by atoms with Gasteiger partial charge in [0.1, 0.15) is 29.2 Å². The second kappa shape index (κ2) is 14.0. The van der Waals surface area contributed by atoms with E-state index in [0.717, 1.165) is 11.6 Å². The Labute approximate surface area is 258 Å². The maximum absolute atomic E-state index is 14.5. The molecule has 2 fully saturated rings. The van der Waals surface area contributed by atoms with E-state index in [2.05, 4.69) is 11.1 Å². The molecule has 0 saturated carbocycles. The van der Waals surface area contributed by atoms with E-state index < -0.39 is 23.2 Å². The van der Waals surface area contributed by atoms with Crippen molar-refractivity contribution in [2.75, 3.05) is 26.2 Å². The number of piperidine rings is 2. The summed E-state index contributed by atoms with van der Waals surface area (Å²) >= 11 is 0. The molecule has 0 aliphatic carbocycles. The summed E-state index contributed by atoms with van der Waals surface area (Å²) in [5, 5.41) is 9.97. The molecular formula is C35H40F2N4O3. The molecule has 0 bridgehead atoms. The topological polar surface area (TPSA) is 86.5 Å². The first-order valence-corrected chi connectivity index (χ1v) is 15.5. The number of aromatic nitrogens is 1. The van der Waals surface area contributed by atoms with Crippen LogP contribution in [-0.4, -0.2) is 58.9 Å². The molecule has 2 aromatic carbocycles. The number of ether oxygens (including phenoxy) is 1. The van der Waals surface area contributed by atoms with Crippen LogP contribution in [0.15, 0.2) is 54.7 Å². The van der Waals surface area contributed by atoms with Gasteiger partial charge in [-0.05, 0) is 43.4 Å². The van der Waals surface area contributed by atoms with E-state index >= 15 is 0 Å². The van der Waals surface area contributed by atoms with Crippen LogP contribution in [0.4, 0.5) is 8.78 Å². The summed E-state index contributed by atoms with van der Waals surface area (Å²) in [6.07, 6.45) is 2.57. The zero-order chi connectivity index (χ0) is 32.0. The minimum absolute atomic E-state index is 0.176. The van der Waals surface area contributed by atoms with Crippen LogP contribution >= 0.6 is 0 Å². The molecule has 6 rings (SSSR count). The molecule has 0 N–H and O–H groups in total. The highest BCUT2D eigenvalue weighted by Gasteiger charge is 2.43. The lowest BCUT2D eigenvalue weighted by atomic mass is 9.74. The Bertz CT molecular complexity index is 1530. The van der Waals surface area contributed by atoms with Crippen LogP contribution in [-0.2, 0) is 5.41 Å². The fourth-order valence-corrected chi connectivity index (χ4v) is 6.25. The molecule has 0 radical (unpaired) electrons. The first kappa shape index (κ1) is 32.6. The number of carbonyl (C=O) groups excluding carboxylic acids is 2. The molecular weight excluding hydrogens is 562 g/mol. The molecule has 0 spiro atoms. The number of pyridine rings is 1. The average molecular weight is 603 g/mol. The number of hydrogen-bond donors (Lipinski definition) is 0. The van der Waals surface area contributed by atoms with Crippen LogP contribution in [0.25, 0.3) is 0 Å². The summed E-state index contributed by atoms with van der Waals surface area (Å²) in [4.78, 5) is 34.6. The number of nitrogens with zero attached hydrogens (tertiary/aromatic N) is 4. The molecule has 232 valence electrons. The Morgan fingerprint density at radius 1 is 0.977 bits per heavy atom. The van der Waals surface area contributed by atoms with Crippen molar-refractivity contribution in [3.05, 3.63) is 94.3 Å². The number of hydrogen-bond acceptors (Lipinski definition) is 5. The fourth-order valence-electron chi connectivity index (χ4n) is 6.25. The minimum Gasteiger partial charge on any atom is -0.487 e. The average Bonchev–Trinajstić information content (AvgIpc) is 3.44. The van der Waals surface area contributed by atoms with Crippen molar-refractivity contribution in [3.8, 4) is 11.8 Å². The van der Waals surface area contributed by atoms with Gasteiger partial charge in [-0.25, -0.2) is 8.78 Å². The molecule has 3 aliphatic heterocycles. The molecule has 9 heteroatoms. The van der Waals surface area contributed by atoms with Crippen LogP contribution in [0.3, 0.4) is 0 Å². The molecule has 44 heavy (non-hydrogen) atoms. The third-order valence-corrected chi connectivity index (χ3v) is 8.55. The summed E-state index contributed by atoms with van der Waals surface area (Å²) in [6, 6.07) is 15.7. The van der Waals surface area contributed by atoms with Gasteiger partial charge in [-0.3, -0.25) is 14.6 Å². The molecule has 2 unspecified atom stereocenters. The SMILES string of the molecule is CC.CC.Cc1cnc(C(=O)N2CCC(C#N)(c3ccccc3)CC2)cc1C(=O)N1CCC2c3c(F)cc(F)cc3OC2C1.